The van der Waals surface area contributed by atoms with Crippen LogP contribution in [0.3, 0.4) is 0 Å². The predicted molar refractivity (Wildman–Crippen MR) is 60.7 cm³/mol. The molecule has 0 aliphatic carbocycles. The zero-order valence-corrected chi connectivity index (χ0v) is 9.53. The second-order valence-electron chi connectivity index (χ2n) is 4.01. The number of nitrogens with zero attached hydrogens (tertiary/aromatic N) is 1. The number of amides is 1. The SMILES string of the molecule is C=CC[C@H]1[C@H](CC)OC(=O)N1CC(=C)C. The molecule has 1 saturated heterocycles. The fraction of sp³-hybridized carbons (Fsp3) is 0.583. The summed E-state index contributed by atoms with van der Waals surface area (Å²) in [5.41, 5.74) is 0.970. The highest BCUT2D eigenvalue weighted by Crippen LogP contribution is 2.25. The summed E-state index contributed by atoms with van der Waals surface area (Å²) in [7, 11) is 0. The lowest BCUT2D eigenvalue weighted by Crippen LogP contribution is -2.37. The van der Waals surface area contributed by atoms with Crippen molar-refractivity contribution in [3.63, 3.8) is 0 Å². The van der Waals surface area contributed by atoms with Crippen LogP contribution >= 0.6 is 0 Å². The van der Waals surface area contributed by atoms with Gasteiger partial charge < -0.3 is 4.74 Å². The van der Waals surface area contributed by atoms with Gasteiger partial charge in [-0.1, -0.05) is 25.2 Å². The molecule has 1 fully saturated rings. The van der Waals surface area contributed by atoms with E-state index in [1.807, 2.05) is 19.9 Å². The van der Waals surface area contributed by atoms with Gasteiger partial charge in [0, 0.05) is 6.54 Å². The van der Waals surface area contributed by atoms with Crippen LogP contribution in [0.2, 0.25) is 0 Å². The van der Waals surface area contributed by atoms with Gasteiger partial charge >= 0.3 is 6.09 Å². The van der Waals surface area contributed by atoms with E-state index in [1.54, 1.807) is 4.90 Å². The Morgan fingerprint density at radius 2 is 2.33 bits per heavy atom. The fourth-order valence-electron chi connectivity index (χ4n) is 1.89. The predicted octanol–water partition coefficient (Wildman–Crippen LogP) is 2.74. The topological polar surface area (TPSA) is 29.5 Å². The van der Waals surface area contributed by atoms with Crippen LogP contribution in [0.4, 0.5) is 4.79 Å². The van der Waals surface area contributed by atoms with Crippen LogP contribution in [0, 0.1) is 0 Å². The Balaban J connectivity index is 2.76. The van der Waals surface area contributed by atoms with Crippen LogP contribution in [0.1, 0.15) is 26.7 Å². The number of rotatable bonds is 5. The molecule has 0 N–H and O–H groups in total. The Hall–Kier alpha value is -1.25. The molecule has 0 radical (unpaired) electrons. The maximum absolute atomic E-state index is 11.6. The van der Waals surface area contributed by atoms with Crippen LogP contribution < -0.4 is 0 Å². The van der Waals surface area contributed by atoms with Crippen molar-refractivity contribution in [2.75, 3.05) is 6.54 Å². The minimum Gasteiger partial charge on any atom is -0.444 e. The lowest BCUT2D eigenvalue weighted by atomic mass is 10.0. The molecule has 1 amide bonds. The molecule has 15 heavy (non-hydrogen) atoms. The molecule has 0 unspecified atom stereocenters. The van der Waals surface area contributed by atoms with Crippen molar-refractivity contribution in [2.24, 2.45) is 0 Å². The lowest BCUT2D eigenvalue weighted by Gasteiger charge is -2.22. The van der Waals surface area contributed by atoms with Gasteiger partial charge in [-0.15, -0.1) is 6.58 Å². The molecule has 1 aliphatic rings. The summed E-state index contributed by atoms with van der Waals surface area (Å²) >= 11 is 0. The Kier molecular flexibility index (Phi) is 3.95. The molecule has 1 heterocycles. The number of carbonyl (C=O) groups excluding carboxylic acids is 1. The van der Waals surface area contributed by atoms with E-state index in [9.17, 15) is 4.79 Å². The van der Waals surface area contributed by atoms with Crippen molar-refractivity contribution in [1.82, 2.24) is 4.90 Å². The van der Waals surface area contributed by atoms with Crippen molar-refractivity contribution >= 4 is 6.09 Å². The largest absolute Gasteiger partial charge is 0.444 e. The summed E-state index contributed by atoms with van der Waals surface area (Å²) in [4.78, 5) is 13.3. The first-order chi connectivity index (χ1) is 7.10. The van der Waals surface area contributed by atoms with E-state index in [2.05, 4.69) is 13.2 Å². The quantitative estimate of drug-likeness (QED) is 0.651. The first kappa shape index (κ1) is 11.8. The molecule has 2 atom stereocenters. The molecule has 0 aromatic heterocycles. The molecule has 1 aliphatic heterocycles. The molecular weight excluding hydrogens is 190 g/mol. The van der Waals surface area contributed by atoms with Crippen LogP contribution in [-0.4, -0.2) is 29.7 Å². The van der Waals surface area contributed by atoms with Gasteiger partial charge in [-0.2, -0.15) is 0 Å². The van der Waals surface area contributed by atoms with Crippen molar-refractivity contribution in [1.29, 1.82) is 0 Å². The Morgan fingerprint density at radius 3 is 2.80 bits per heavy atom. The minimum absolute atomic E-state index is 0.00477. The molecule has 0 bridgehead atoms. The number of hydrogen-bond donors (Lipinski definition) is 0. The minimum atomic E-state index is -0.225. The van der Waals surface area contributed by atoms with Crippen molar-refractivity contribution in [3.05, 3.63) is 24.8 Å². The molecule has 3 heteroatoms. The van der Waals surface area contributed by atoms with Crippen molar-refractivity contribution in [3.8, 4) is 0 Å². The third-order valence-corrected chi connectivity index (χ3v) is 2.57. The second-order valence-corrected chi connectivity index (χ2v) is 4.01. The van der Waals surface area contributed by atoms with Gasteiger partial charge in [0.2, 0.25) is 0 Å². The van der Waals surface area contributed by atoms with E-state index >= 15 is 0 Å². The van der Waals surface area contributed by atoms with Gasteiger partial charge in [-0.3, -0.25) is 4.90 Å². The number of carbonyl (C=O) groups is 1. The summed E-state index contributed by atoms with van der Waals surface area (Å²) < 4.78 is 5.29. The summed E-state index contributed by atoms with van der Waals surface area (Å²) in [6.07, 6.45) is 3.22. The molecule has 3 nitrogen and oxygen atoms in total. The smallest absolute Gasteiger partial charge is 0.410 e. The zero-order valence-electron chi connectivity index (χ0n) is 9.53. The maximum Gasteiger partial charge on any atom is 0.410 e. The van der Waals surface area contributed by atoms with E-state index in [0.717, 1.165) is 18.4 Å². The fourth-order valence-corrected chi connectivity index (χ4v) is 1.89. The summed E-state index contributed by atoms with van der Waals surface area (Å²) in [5, 5.41) is 0. The summed E-state index contributed by atoms with van der Waals surface area (Å²) in [6, 6.07) is 0.122. The van der Waals surface area contributed by atoms with E-state index in [4.69, 9.17) is 4.74 Å². The summed E-state index contributed by atoms with van der Waals surface area (Å²) in [5.74, 6) is 0. The van der Waals surface area contributed by atoms with Crippen LogP contribution in [0.5, 0.6) is 0 Å². The highest BCUT2D eigenvalue weighted by Gasteiger charge is 2.39. The average Bonchev–Trinajstić information content (AvgIpc) is 2.45. The Labute approximate surface area is 91.4 Å². The van der Waals surface area contributed by atoms with E-state index < -0.39 is 0 Å². The van der Waals surface area contributed by atoms with Gasteiger partial charge in [0.15, 0.2) is 0 Å². The Morgan fingerprint density at radius 1 is 1.67 bits per heavy atom. The molecule has 0 saturated carbocycles. The van der Waals surface area contributed by atoms with Crippen LogP contribution in [0.15, 0.2) is 24.8 Å². The molecule has 84 valence electrons. The first-order valence-electron chi connectivity index (χ1n) is 5.32. The molecule has 1 rings (SSSR count). The molecule has 0 aromatic rings. The third-order valence-electron chi connectivity index (χ3n) is 2.57. The normalized spacial score (nSPS) is 25.2. The molecule has 0 spiro atoms. The number of ether oxygens (including phenoxy) is 1. The van der Waals surface area contributed by atoms with Crippen LogP contribution in [0.25, 0.3) is 0 Å². The van der Waals surface area contributed by atoms with Gasteiger partial charge in [-0.05, 0) is 19.8 Å². The van der Waals surface area contributed by atoms with Gasteiger partial charge in [0.05, 0.1) is 6.04 Å². The van der Waals surface area contributed by atoms with Crippen molar-refractivity contribution in [2.45, 2.75) is 38.8 Å². The van der Waals surface area contributed by atoms with Crippen LogP contribution in [-0.2, 0) is 4.74 Å². The second kappa shape index (κ2) is 5.01. The molecular formula is C12H19NO2. The monoisotopic (exact) mass is 209 g/mol. The highest BCUT2D eigenvalue weighted by atomic mass is 16.6. The Bertz CT molecular complexity index is 273. The summed E-state index contributed by atoms with van der Waals surface area (Å²) in [6.45, 7) is 12.1. The highest BCUT2D eigenvalue weighted by molar-refractivity contribution is 5.71. The van der Waals surface area contributed by atoms with E-state index in [1.165, 1.54) is 0 Å². The van der Waals surface area contributed by atoms with E-state index in [0.29, 0.717) is 6.54 Å². The average molecular weight is 209 g/mol. The van der Waals surface area contributed by atoms with Gasteiger partial charge in [0.1, 0.15) is 6.10 Å². The van der Waals surface area contributed by atoms with Gasteiger partial charge in [0.25, 0.3) is 0 Å². The number of cyclic esters (lactones) is 1. The van der Waals surface area contributed by atoms with Gasteiger partial charge in [-0.25, -0.2) is 4.79 Å². The van der Waals surface area contributed by atoms with E-state index in [-0.39, 0.29) is 18.2 Å². The number of hydrogen-bond acceptors (Lipinski definition) is 2. The third kappa shape index (κ3) is 2.61. The zero-order chi connectivity index (χ0) is 11.4. The van der Waals surface area contributed by atoms with Crippen molar-refractivity contribution < 1.29 is 9.53 Å². The first-order valence-corrected chi connectivity index (χ1v) is 5.32. The lowest BCUT2D eigenvalue weighted by molar-refractivity contribution is 0.127. The standard InChI is InChI=1S/C12H19NO2/c1-5-7-10-11(6-2)15-12(14)13(10)8-9(3)4/h5,10-11H,1,3,6-8H2,2,4H3/t10-,11-/m0/s1. The molecule has 0 aromatic carbocycles. The maximum atomic E-state index is 11.6.